The summed E-state index contributed by atoms with van der Waals surface area (Å²) in [4.78, 5) is 30.5. The van der Waals surface area contributed by atoms with Gasteiger partial charge in [0.25, 0.3) is 0 Å². The standard InChI is InChI=1S/C30H33N7O/c1-18-9-12-23-17-22(11-15-26(23)37(18)8)10-14-25-24(13-16-27(34-25)35-29(38)21(4)31-5)28-19(2)32-30(36(6)7)33-20(28)3/h9,11-13,15-17,21,31H,1H2,2-8H3,(H,34,35,38). The third kappa shape index (κ3) is 5.43. The summed E-state index contributed by atoms with van der Waals surface area (Å²) in [5.74, 6) is 7.42. The molecule has 2 aromatic heterocycles. The highest BCUT2D eigenvalue weighted by Gasteiger charge is 2.18. The Morgan fingerprint density at radius 1 is 1.05 bits per heavy atom. The normalized spacial score (nSPS) is 12.9. The van der Waals surface area contributed by atoms with Crippen LogP contribution in [0.15, 0.2) is 48.7 Å². The van der Waals surface area contributed by atoms with Gasteiger partial charge in [-0.15, -0.1) is 0 Å². The van der Waals surface area contributed by atoms with E-state index in [9.17, 15) is 4.79 Å². The Morgan fingerprint density at radius 3 is 2.42 bits per heavy atom. The SMILES string of the molecule is C=C1C=Cc2cc(C#Cc3nc(NC(=O)C(C)NC)ccc3-c3c(C)nc(N(C)C)nc3C)ccc2N1C. The van der Waals surface area contributed by atoms with Gasteiger partial charge in [0, 0.05) is 49.2 Å². The first-order chi connectivity index (χ1) is 18.1. The maximum atomic E-state index is 12.5. The van der Waals surface area contributed by atoms with E-state index in [0.717, 1.165) is 45.0 Å². The van der Waals surface area contributed by atoms with E-state index < -0.39 is 0 Å². The molecule has 38 heavy (non-hydrogen) atoms. The van der Waals surface area contributed by atoms with Crippen LogP contribution in [-0.2, 0) is 4.79 Å². The highest BCUT2D eigenvalue weighted by molar-refractivity contribution is 5.94. The van der Waals surface area contributed by atoms with Crippen LogP contribution in [0.2, 0.25) is 0 Å². The van der Waals surface area contributed by atoms with Gasteiger partial charge >= 0.3 is 0 Å². The molecular weight excluding hydrogens is 474 g/mol. The van der Waals surface area contributed by atoms with Crippen molar-refractivity contribution in [3.63, 3.8) is 0 Å². The van der Waals surface area contributed by atoms with Gasteiger partial charge in [0.1, 0.15) is 11.5 Å². The maximum Gasteiger partial charge on any atom is 0.242 e. The third-order valence-electron chi connectivity index (χ3n) is 6.50. The number of nitrogens with zero attached hydrogens (tertiary/aromatic N) is 5. The van der Waals surface area contributed by atoms with Gasteiger partial charge in [-0.25, -0.2) is 15.0 Å². The summed E-state index contributed by atoms with van der Waals surface area (Å²) in [5.41, 5.74) is 7.82. The fourth-order valence-corrected chi connectivity index (χ4v) is 4.13. The molecule has 3 aromatic rings. The van der Waals surface area contributed by atoms with Gasteiger partial charge in [-0.2, -0.15) is 0 Å². The Balaban J connectivity index is 1.80. The van der Waals surface area contributed by atoms with E-state index in [4.69, 9.17) is 4.98 Å². The summed E-state index contributed by atoms with van der Waals surface area (Å²) >= 11 is 0. The number of carbonyl (C=O) groups excluding carboxylic acids is 1. The van der Waals surface area contributed by atoms with Crippen molar-refractivity contribution in [2.45, 2.75) is 26.8 Å². The lowest BCUT2D eigenvalue weighted by Crippen LogP contribution is -2.35. The molecule has 194 valence electrons. The predicted octanol–water partition coefficient (Wildman–Crippen LogP) is 4.14. The van der Waals surface area contributed by atoms with Crippen LogP contribution in [0.3, 0.4) is 0 Å². The Bertz CT molecular complexity index is 1490. The molecule has 1 amide bonds. The zero-order chi connectivity index (χ0) is 27.6. The topological polar surface area (TPSA) is 86.3 Å². The molecule has 2 N–H and O–H groups in total. The monoisotopic (exact) mass is 507 g/mol. The number of benzene rings is 1. The molecule has 0 fully saturated rings. The summed E-state index contributed by atoms with van der Waals surface area (Å²) in [6.07, 6.45) is 4.03. The first-order valence-corrected chi connectivity index (χ1v) is 12.4. The molecule has 8 nitrogen and oxygen atoms in total. The van der Waals surface area contributed by atoms with Crippen molar-refractivity contribution >= 4 is 29.4 Å². The van der Waals surface area contributed by atoms with Crippen LogP contribution < -0.4 is 20.4 Å². The number of aromatic nitrogens is 3. The zero-order valence-corrected chi connectivity index (χ0v) is 23.0. The lowest BCUT2D eigenvalue weighted by Gasteiger charge is -2.25. The lowest BCUT2D eigenvalue weighted by molar-refractivity contribution is -0.117. The average Bonchev–Trinajstić information content (AvgIpc) is 2.89. The zero-order valence-electron chi connectivity index (χ0n) is 23.0. The number of amides is 1. The minimum absolute atomic E-state index is 0.176. The summed E-state index contributed by atoms with van der Waals surface area (Å²) in [6, 6.07) is 9.42. The minimum atomic E-state index is -0.361. The smallest absolute Gasteiger partial charge is 0.242 e. The van der Waals surface area contributed by atoms with Crippen molar-refractivity contribution in [2.75, 3.05) is 43.3 Å². The van der Waals surface area contributed by atoms with Crippen molar-refractivity contribution in [3.8, 4) is 23.0 Å². The molecule has 0 spiro atoms. The fraction of sp³-hybridized carbons (Fsp3) is 0.267. The number of rotatable bonds is 5. The van der Waals surface area contributed by atoms with Crippen molar-refractivity contribution in [1.82, 2.24) is 20.3 Å². The fourth-order valence-electron chi connectivity index (χ4n) is 4.13. The highest BCUT2D eigenvalue weighted by atomic mass is 16.2. The number of anilines is 3. The van der Waals surface area contributed by atoms with Gasteiger partial charge in [-0.3, -0.25) is 4.79 Å². The third-order valence-corrected chi connectivity index (χ3v) is 6.50. The van der Waals surface area contributed by atoms with Crippen LogP contribution in [-0.4, -0.2) is 55.1 Å². The molecule has 3 heterocycles. The van der Waals surface area contributed by atoms with E-state index in [1.807, 2.05) is 81.2 Å². The second kappa shape index (κ2) is 10.9. The number of fused-ring (bicyclic) bond motifs is 1. The first-order valence-electron chi connectivity index (χ1n) is 12.4. The predicted molar refractivity (Wildman–Crippen MR) is 155 cm³/mol. The molecule has 0 saturated carbocycles. The Kier molecular flexibility index (Phi) is 7.60. The van der Waals surface area contributed by atoms with Crippen molar-refractivity contribution in [3.05, 3.63) is 76.9 Å². The lowest BCUT2D eigenvalue weighted by atomic mass is 10.00. The number of pyridine rings is 1. The maximum absolute atomic E-state index is 12.5. The quantitative estimate of drug-likeness (QED) is 0.502. The van der Waals surface area contributed by atoms with Crippen LogP contribution in [0.1, 0.15) is 35.1 Å². The Labute approximate surface area is 224 Å². The number of hydrogen-bond acceptors (Lipinski definition) is 7. The molecule has 4 rings (SSSR count). The second-order valence-corrected chi connectivity index (χ2v) is 9.46. The summed E-state index contributed by atoms with van der Waals surface area (Å²) in [7, 11) is 7.56. The van der Waals surface area contributed by atoms with Crippen LogP contribution in [0, 0.1) is 25.7 Å². The molecule has 0 radical (unpaired) electrons. The number of allylic oxidation sites excluding steroid dienone is 1. The minimum Gasteiger partial charge on any atom is -0.347 e. The first kappa shape index (κ1) is 26.6. The van der Waals surface area contributed by atoms with Gasteiger partial charge in [0.2, 0.25) is 11.9 Å². The molecule has 1 aliphatic rings. The molecule has 8 heteroatoms. The van der Waals surface area contributed by atoms with E-state index in [2.05, 4.69) is 39.0 Å². The van der Waals surface area contributed by atoms with Crippen LogP contribution >= 0.6 is 0 Å². The van der Waals surface area contributed by atoms with Crippen LogP contribution in [0.25, 0.3) is 17.2 Å². The van der Waals surface area contributed by atoms with Gasteiger partial charge in [-0.05, 0) is 75.7 Å². The van der Waals surface area contributed by atoms with E-state index in [-0.39, 0.29) is 11.9 Å². The molecule has 0 aliphatic carbocycles. The number of nitrogens with one attached hydrogen (secondary N) is 2. The molecule has 1 aliphatic heterocycles. The molecule has 0 bridgehead atoms. The van der Waals surface area contributed by atoms with Crippen molar-refractivity contribution < 1.29 is 4.79 Å². The van der Waals surface area contributed by atoms with E-state index in [1.165, 1.54) is 0 Å². The average molecular weight is 508 g/mol. The molecule has 1 unspecified atom stereocenters. The summed E-state index contributed by atoms with van der Waals surface area (Å²) < 4.78 is 0. The Hall–Kier alpha value is -4.48. The van der Waals surface area contributed by atoms with Gasteiger partial charge < -0.3 is 20.4 Å². The van der Waals surface area contributed by atoms with Gasteiger partial charge in [-0.1, -0.05) is 18.6 Å². The number of carbonyl (C=O) groups is 1. The van der Waals surface area contributed by atoms with Crippen molar-refractivity contribution in [2.24, 2.45) is 0 Å². The molecular formula is C30H33N7O. The highest BCUT2D eigenvalue weighted by Crippen LogP contribution is 2.31. The largest absolute Gasteiger partial charge is 0.347 e. The number of hydrogen-bond donors (Lipinski definition) is 2. The summed E-state index contributed by atoms with van der Waals surface area (Å²) in [5, 5.41) is 5.81. The van der Waals surface area contributed by atoms with Crippen LogP contribution in [0.4, 0.5) is 17.5 Å². The molecule has 1 aromatic carbocycles. The number of aryl methyl sites for hydroxylation is 2. The van der Waals surface area contributed by atoms with Gasteiger partial charge in [0.05, 0.1) is 17.4 Å². The van der Waals surface area contributed by atoms with E-state index >= 15 is 0 Å². The van der Waals surface area contributed by atoms with E-state index in [0.29, 0.717) is 17.5 Å². The molecule has 1 atom stereocenters. The van der Waals surface area contributed by atoms with Gasteiger partial charge in [0.15, 0.2) is 0 Å². The summed E-state index contributed by atoms with van der Waals surface area (Å²) in [6.45, 7) is 9.76. The number of likely N-dealkylation sites (N-methyl/N-ethyl adjacent to an activating group) is 2. The van der Waals surface area contributed by atoms with E-state index in [1.54, 1.807) is 20.0 Å². The second-order valence-electron chi connectivity index (χ2n) is 9.46. The van der Waals surface area contributed by atoms with Crippen LogP contribution in [0.5, 0.6) is 0 Å². The Morgan fingerprint density at radius 2 is 1.76 bits per heavy atom. The molecule has 0 saturated heterocycles. The van der Waals surface area contributed by atoms with Crippen molar-refractivity contribution in [1.29, 1.82) is 0 Å².